The summed E-state index contributed by atoms with van der Waals surface area (Å²) in [7, 11) is 2.19. The lowest BCUT2D eigenvalue weighted by Crippen LogP contribution is -2.34. The summed E-state index contributed by atoms with van der Waals surface area (Å²) in [6.45, 7) is 9.30. The molecule has 1 heterocycles. The maximum Gasteiger partial charge on any atom is 0.328 e. The number of hydrogen-bond donors (Lipinski definition) is 1. The molecule has 0 bridgehead atoms. The zero-order valence-corrected chi connectivity index (χ0v) is 26.9. The average molecular weight is 600 g/mol. The minimum absolute atomic E-state index is 0.0693. The van der Waals surface area contributed by atoms with Crippen molar-refractivity contribution in [2.45, 2.75) is 47.1 Å². The SMILES string of the molecule is CC(C)Cc1ccc([N+](C)(c2ccc(CC(C)C)cc2)c2cccc(C(=O)c3cn(C/C=C/C(=O)O)c4ccccc34)c2)cc1. The van der Waals surface area contributed by atoms with Crippen LogP contribution < -0.4 is 4.48 Å². The molecule has 1 aromatic heterocycles. The van der Waals surface area contributed by atoms with Crippen molar-refractivity contribution >= 4 is 39.7 Å². The Balaban J connectivity index is 1.58. The van der Waals surface area contributed by atoms with Crippen LogP contribution in [0.5, 0.6) is 0 Å². The predicted octanol–water partition coefficient (Wildman–Crippen LogP) is 9.51. The van der Waals surface area contributed by atoms with Gasteiger partial charge in [0.25, 0.3) is 0 Å². The van der Waals surface area contributed by atoms with Gasteiger partial charge >= 0.3 is 5.97 Å². The van der Waals surface area contributed by atoms with Crippen LogP contribution in [0.4, 0.5) is 17.1 Å². The van der Waals surface area contributed by atoms with E-state index in [1.54, 1.807) is 6.08 Å². The first kappa shape index (κ1) is 31.7. The van der Waals surface area contributed by atoms with Crippen LogP contribution in [0.3, 0.4) is 0 Å². The van der Waals surface area contributed by atoms with E-state index in [0.717, 1.165) is 46.9 Å². The predicted molar refractivity (Wildman–Crippen MR) is 186 cm³/mol. The second kappa shape index (κ2) is 13.5. The number of benzene rings is 4. The van der Waals surface area contributed by atoms with Gasteiger partial charge in [0.1, 0.15) is 17.1 Å². The number of quaternary nitrogens is 1. The van der Waals surface area contributed by atoms with Gasteiger partial charge in [-0.05, 0) is 41.9 Å². The molecule has 5 rings (SSSR count). The Hall–Kier alpha value is -4.74. The summed E-state index contributed by atoms with van der Waals surface area (Å²) in [6.07, 6.45) is 6.60. The maximum absolute atomic E-state index is 14.2. The number of aromatic nitrogens is 1. The minimum Gasteiger partial charge on any atom is -0.478 e. The Labute approximate surface area is 266 Å². The molecule has 5 aromatic rings. The number of carbonyl (C=O) groups is 2. The fourth-order valence-corrected chi connectivity index (χ4v) is 6.18. The molecule has 0 unspecified atom stereocenters. The third-order valence-electron chi connectivity index (χ3n) is 8.41. The van der Waals surface area contributed by atoms with Crippen molar-refractivity contribution in [1.29, 1.82) is 0 Å². The fourth-order valence-electron chi connectivity index (χ4n) is 6.18. The van der Waals surface area contributed by atoms with Gasteiger partial charge in [0.15, 0.2) is 5.78 Å². The summed E-state index contributed by atoms with van der Waals surface area (Å²) >= 11 is 0. The monoisotopic (exact) mass is 599 g/mol. The van der Waals surface area contributed by atoms with E-state index in [1.165, 1.54) is 11.1 Å². The van der Waals surface area contributed by atoms with Crippen LogP contribution in [-0.2, 0) is 24.2 Å². The number of allylic oxidation sites excluding steroid dienone is 1. The van der Waals surface area contributed by atoms with Gasteiger partial charge in [-0.2, -0.15) is 0 Å². The van der Waals surface area contributed by atoms with E-state index in [1.807, 2.05) is 53.2 Å². The van der Waals surface area contributed by atoms with E-state index in [-0.39, 0.29) is 5.78 Å². The van der Waals surface area contributed by atoms with Crippen LogP contribution in [0, 0.1) is 11.8 Å². The molecule has 0 atom stereocenters. The Morgan fingerprint density at radius 2 is 1.33 bits per heavy atom. The molecule has 0 saturated carbocycles. The third kappa shape index (κ3) is 7.00. The number of carbonyl (C=O) groups excluding carboxylic acids is 1. The van der Waals surface area contributed by atoms with Crippen LogP contribution in [-0.4, -0.2) is 28.5 Å². The first-order valence-electron chi connectivity index (χ1n) is 15.7. The van der Waals surface area contributed by atoms with Crippen molar-refractivity contribution in [2.75, 3.05) is 7.05 Å². The lowest BCUT2D eigenvalue weighted by molar-refractivity contribution is -0.131. The molecule has 0 aliphatic carbocycles. The van der Waals surface area contributed by atoms with E-state index < -0.39 is 5.97 Å². The molecule has 0 aliphatic rings. The van der Waals surface area contributed by atoms with E-state index in [9.17, 15) is 9.59 Å². The van der Waals surface area contributed by atoms with Crippen molar-refractivity contribution in [1.82, 2.24) is 9.05 Å². The number of carboxylic acids is 1. The van der Waals surface area contributed by atoms with Crippen LogP contribution in [0.2, 0.25) is 0 Å². The second-order valence-corrected chi connectivity index (χ2v) is 12.9. The molecule has 0 aliphatic heterocycles. The van der Waals surface area contributed by atoms with E-state index >= 15 is 0 Å². The van der Waals surface area contributed by atoms with Crippen molar-refractivity contribution in [2.24, 2.45) is 11.8 Å². The van der Waals surface area contributed by atoms with Crippen LogP contribution in [0.1, 0.15) is 54.7 Å². The molecular weight excluding hydrogens is 556 g/mol. The molecule has 0 amide bonds. The number of hydrogen-bond acceptors (Lipinski definition) is 2. The summed E-state index contributed by atoms with van der Waals surface area (Å²) in [5, 5.41) is 9.89. The fraction of sp³-hybridized carbons (Fsp3) is 0.250. The Morgan fingerprint density at radius 3 is 1.89 bits per heavy atom. The number of fused-ring (bicyclic) bond motifs is 1. The second-order valence-electron chi connectivity index (χ2n) is 12.9. The molecule has 0 saturated heterocycles. The molecule has 0 radical (unpaired) electrons. The number of rotatable bonds is 12. The maximum atomic E-state index is 14.2. The van der Waals surface area contributed by atoms with Gasteiger partial charge in [0.2, 0.25) is 0 Å². The molecule has 0 fully saturated rings. The standard InChI is InChI=1S/C40H42N2O3/c1-28(2)24-30-15-19-33(20-16-30)42(5,34-21-17-31(18-22-34)25-29(3)4)35-11-8-10-32(26-35)40(45)37-27-41(23-9-14-39(43)44)38-13-7-6-12-36(37)38/h6-22,26-29H,23-25H2,1-5H3/p+1/b14-9+. The van der Waals surface area contributed by atoms with E-state index in [2.05, 4.69) is 89.3 Å². The van der Waals surface area contributed by atoms with Crippen LogP contribution in [0.25, 0.3) is 10.9 Å². The van der Waals surface area contributed by atoms with Crippen molar-refractivity contribution < 1.29 is 14.7 Å². The topological polar surface area (TPSA) is 59.3 Å². The van der Waals surface area contributed by atoms with Gasteiger partial charge in [0.05, 0.1) is 7.05 Å². The molecule has 0 spiro atoms. The molecular formula is C40H43N2O3+. The Bertz CT molecular complexity index is 1770. The Morgan fingerprint density at radius 1 is 0.756 bits per heavy atom. The highest BCUT2D eigenvalue weighted by Crippen LogP contribution is 2.42. The van der Waals surface area contributed by atoms with Gasteiger partial charge < -0.3 is 9.67 Å². The first-order chi connectivity index (χ1) is 21.6. The van der Waals surface area contributed by atoms with Gasteiger partial charge in [-0.25, -0.2) is 9.28 Å². The van der Waals surface area contributed by atoms with Gasteiger partial charge in [-0.1, -0.05) is 88.4 Å². The van der Waals surface area contributed by atoms with Crippen molar-refractivity contribution in [3.8, 4) is 0 Å². The van der Waals surface area contributed by atoms with E-state index in [0.29, 0.717) is 34.0 Å². The average Bonchev–Trinajstić information content (AvgIpc) is 3.39. The smallest absolute Gasteiger partial charge is 0.328 e. The highest BCUT2D eigenvalue weighted by atomic mass is 16.4. The normalized spacial score (nSPS) is 12.1. The molecule has 45 heavy (non-hydrogen) atoms. The molecule has 1 N–H and O–H groups in total. The number of aliphatic carboxylic acids is 1. The van der Waals surface area contributed by atoms with Crippen LogP contribution in [0.15, 0.2) is 115 Å². The Kier molecular flexibility index (Phi) is 9.50. The lowest BCUT2D eigenvalue weighted by Gasteiger charge is -2.34. The van der Waals surface area contributed by atoms with Crippen LogP contribution >= 0.6 is 0 Å². The van der Waals surface area contributed by atoms with Crippen molar-refractivity contribution in [3.63, 3.8) is 0 Å². The molecule has 5 nitrogen and oxygen atoms in total. The molecule has 230 valence electrons. The third-order valence-corrected chi connectivity index (χ3v) is 8.41. The van der Waals surface area contributed by atoms with Gasteiger partial charge in [0, 0.05) is 77.2 Å². The number of para-hydroxylation sites is 1. The molecule has 4 aromatic carbocycles. The summed E-state index contributed by atoms with van der Waals surface area (Å²) < 4.78 is 2.33. The minimum atomic E-state index is -0.995. The largest absolute Gasteiger partial charge is 0.478 e. The van der Waals surface area contributed by atoms with Crippen molar-refractivity contribution in [3.05, 3.63) is 138 Å². The first-order valence-corrected chi connectivity index (χ1v) is 15.7. The number of ketones is 1. The highest BCUT2D eigenvalue weighted by Gasteiger charge is 2.32. The lowest BCUT2D eigenvalue weighted by atomic mass is 9.99. The van der Waals surface area contributed by atoms with Gasteiger partial charge in [-0.3, -0.25) is 4.79 Å². The summed E-state index contributed by atoms with van der Waals surface area (Å²) in [5.74, 6) is 0.0871. The quantitative estimate of drug-likeness (QED) is 0.0883. The summed E-state index contributed by atoms with van der Waals surface area (Å²) in [5.41, 5.74) is 7.93. The summed E-state index contributed by atoms with van der Waals surface area (Å²) in [6, 6.07) is 33.5. The summed E-state index contributed by atoms with van der Waals surface area (Å²) in [4.78, 5) is 25.2. The number of nitrogens with zero attached hydrogens (tertiary/aromatic N) is 2. The number of carboxylic acid groups (broad SMARTS) is 1. The zero-order valence-electron chi connectivity index (χ0n) is 26.9. The van der Waals surface area contributed by atoms with Gasteiger partial charge in [-0.15, -0.1) is 0 Å². The zero-order chi connectivity index (χ0) is 32.1. The highest BCUT2D eigenvalue weighted by molar-refractivity contribution is 6.16. The van der Waals surface area contributed by atoms with E-state index in [4.69, 9.17) is 5.11 Å². The molecule has 5 heteroatoms.